The third kappa shape index (κ3) is 3.41. The fourth-order valence-electron chi connectivity index (χ4n) is 3.82. The average molecular weight is 374 g/mol. The number of allylic oxidation sites excluding steroid dienone is 1. The molecular formula is C21H27NO3S. The SMILES string of the molecule is CCOC(=O)C1=C(C)N=C2CCCC(=O)[C@@H]2[C@@H]1c1ccc(C(C)(C)C)s1. The zero-order valence-corrected chi connectivity index (χ0v) is 17.0. The van der Waals surface area contributed by atoms with Gasteiger partial charge < -0.3 is 4.74 Å². The van der Waals surface area contributed by atoms with Crippen LogP contribution < -0.4 is 0 Å². The first-order valence-corrected chi connectivity index (χ1v) is 10.1. The van der Waals surface area contributed by atoms with Crippen LogP contribution in [0, 0.1) is 5.92 Å². The lowest BCUT2D eigenvalue weighted by Gasteiger charge is -2.34. The first-order valence-electron chi connectivity index (χ1n) is 9.32. The van der Waals surface area contributed by atoms with E-state index in [1.165, 1.54) is 4.88 Å². The van der Waals surface area contributed by atoms with Gasteiger partial charge in [0, 0.05) is 33.5 Å². The summed E-state index contributed by atoms with van der Waals surface area (Å²) in [5.74, 6) is -0.740. The topological polar surface area (TPSA) is 55.7 Å². The van der Waals surface area contributed by atoms with E-state index < -0.39 is 0 Å². The zero-order chi connectivity index (χ0) is 19.1. The van der Waals surface area contributed by atoms with Gasteiger partial charge in [-0.25, -0.2) is 4.79 Å². The van der Waals surface area contributed by atoms with E-state index in [1.54, 1.807) is 18.3 Å². The molecule has 0 N–H and O–H groups in total. The maximum atomic E-state index is 12.8. The normalized spacial score (nSPS) is 23.6. The highest BCUT2D eigenvalue weighted by atomic mass is 32.1. The zero-order valence-electron chi connectivity index (χ0n) is 16.2. The lowest BCUT2D eigenvalue weighted by Crippen LogP contribution is -2.38. The number of esters is 1. The molecule has 0 bridgehead atoms. The van der Waals surface area contributed by atoms with E-state index in [4.69, 9.17) is 4.74 Å². The second-order valence-corrected chi connectivity index (χ2v) is 9.17. The Balaban J connectivity index is 2.13. The van der Waals surface area contributed by atoms with Crippen LogP contribution in [0.1, 0.15) is 69.6 Å². The van der Waals surface area contributed by atoms with Gasteiger partial charge in [0.05, 0.1) is 18.1 Å². The van der Waals surface area contributed by atoms with Crippen LogP contribution in [0.4, 0.5) is 0 Å². The van der Waals surface area contributed by atoms with Gasteiger partial charge in [-0.15, -0.1) is 11.3 Å². The standard InChI is InChI=1S/C21H27NO3S/c1-6-25-20(24)17-12(2)22-13-8-7-9-14(23)18(13)19(17)15-10-11-16(26-15)21(3,4)5/h10-11,18-19H,6-9H2,1-5H3/t18-,19-/m1/s1. The van der Waals surface area contributed by atoms with Crippen molar-refractivity contribution in [2.24, 2.45) is 10.9 Å². The first-order chi connectivity index (χ1) is 12.2. The molecule has 2 heterocycles. The summed E-state index contributed by atoms with van der Waals surface area (Å²) in [4.78, 5) is 32.5. The Labute approximate surface area is 159 Å². The van der Waals surface area contributed by atoms with Crippen LogP contribution in [-0.4, -0.2) is 24.1 Å². The van der Waals surface area contributed by atoms with Crippen LogP contribution in [0.3, 0.4) is 0 Å². The number of thiophene rings is 1. The van der Waals surface area contributed by atoms with Crippen LogP contribution in [-0.2, 0) is 19.7 Å². The quantitative estimate of drug-likeness (QED) is 0.716. The maximum Gasteiger partial charge on any atom is 0.336 e. The van der Waals surface area contributed by atoms with Gasteiger partial charge in [0.2, 0.25) is 0 Å². The average Bonchev–Trinajstić information content (AvgIpc) is 3.03. The number of ketones is 1. The molecule has 140 valence electrons. The number of carbonyl (C=O) groups is 2. The van der Waals surface area contributed by atoms with Gasteiger partial charge >= 0.3 is 5.97 Å². The van der Waals surface area contributed by atoms with Crippen molar-refractivity contribution in [2.75, 3.05) is 6.61 Å². The highest BCUT2D eigenvalue weighted by Gasteiger charge is 2.44. The molecule has 0 saturated heterocycles. The molecule has 0 spiro atoms. The van der Waals surface area contributed by atoms with Gasteiger partial charge in [0.25, 0.3) is 0 Å². The molecule has 1 aliphatic heterocycles. The van der Waals surface area contributed by atoms with Crippen molar-refractivity contribution in [1.29, 1.82) is 0 Å². The van der Waals surface area contributed by atoms with Crippen molar-refractivity contribution < 1.29 is 14.3 Å². The third-order valence-electron chi connectivity index (χ3n) is 5.08. The van der Waals surface area contributed by atoms with Crippen LogP contribution in [0.15, 0.2) is 28.4 Å². The van der Waals surface area contributed by atoms with Gasteiger partial charge in [-0.3, -0.25) is 9.79 Å². The Morgan fingerprint density at radius 1 is 1.27 bits per heavy atom. The summed E-state index contributed by atoms with van der Waals surface area (Å²) >= 11 is 1.70. The van der Waals surface area contributed by atoms with E-state index >= 15 is 0 Å². The lowest BCUT2D eigenvalue weighted by molar-refractivity contribution is -0.139. The summed E-state index contributed by atoms with van der Waals surface area (Å²) in [6.07, 6.45) is 2.24. The van der Waals surface area contributed by atoms with E-state index in [0.717, 1.165) is 23.4 Å². The van der Waals surface area contributed by atoms with Crippen molar-refractivity contribution in [3.8, 4) is 0 Å². The number of rotatable bonds is 3. The molecule has 0 amide bonds. The number of hydrogen-bond acceptors (Lipinski definition) is 5. The summed E-state index contributed by atoms with van der Waals surface area (Å²) in [6.45, 7) is 10.5. The van der Waals surface area contributed by atoms with E-state index in [2.05, 4.69) is 37.9 Å². The lowest BCUT2D eigenvalue weighted by atomic mass is 9.71. The van der Waals surface area contributed by atoms with Gasteiger partial charge in [0.1, 0.15) is 5.78 Å². The molecule has 1 aromatic heterocycles. The van der Waals surface area contributed by atoms with Crippen molar-refractivity contribution in [3.05, 3.63) is 33.2 Å². The number of Topliss-reactive ketones (excluding diaryl/α,β-unsaturated/α-hetero) is 1. The highest BCUT2D eigenvalue weighted by Crippen LogP contribution is 2.46. The van der Waals surface area contributed by atoms with Crippen LogP contribution in [0.2, 0.25) is 0 Å². The second kappa shape index (κ2) is 7.10. The largest absolute Gasteiger partial charge is 0.463 e. The molecule has 3 rings (SSSR count). The van der Waals surface area contributed by atoms with Crippen LogP contribution in [0.25, 0.3) is 0 Å². The number of fused-ring (bicyclic) bond motifs is 1. The molecule has 1 aliphatic carbocycles. The summed E-state index contributed by atoms with van der Waals surface area (Å²) in [7, 11) is 0. The molecule has 26 heavy (non-hydrogen) atoms. The van der Waals surface area contributed by atoms with E-state index in [-0.39, 0.29) is 29.0 Å². The van der Waals surface area contributed by atoms with E-state index in [1.807, 2.05) is 6.92 Å². The molecule has 4 nitrogen and oxygen atoms in total. The number of aliphatic imine (C=N–C) groups is 1. The fourth-order valence-corrected chi connectivity index (χ4v) is 5.04. The second-order valence-electron chi connectivity index (χ2n) is 8.05. The van der Waals surface area contributed by atoms with Gasteiger partial charge in [-0.1, -0.05) is 20.8 Å². The van der Waals surface area contributed by atoms with E-state index in [9.17, 15) is 9.59 Å². The molecule has 0 aromatic carbocycles. The summed E-state index contributed by atoms with van der Waals surface area (Å²) in [5.41, 5.74) is 2.22. The fraction of sp³-hybridized carbons (Fsp3) is 0.571. The molecule has 5 heteroatoms. The molecule has 1 saturated carbocycles. The molecule has 1 fully saturated rings. The summed E-state index contributed by atoms with van der Waals surface area (Å²) in [5, 5.41) is 0. The third-order valence-corrected chi connectivity index (χ3v) is 6.67. The van der Waals surface area contributed by atoms with Gasteiger partial charge in [-0.2, -0.15) is 0 Å². The van der Waals surface area contributed by atoms with Crippen molar-refractivity contribution in [3.63, 3.8) is 0 Å². The number of hydrogen-bond donors (Lipinski definition) is 0. The minimum Gasteiger partial charge on any atom is -0.463 e. The Morgan fingerprint density at radius 3 is 2.62 bits per heavy atom. The summed E-state index contributed by atoms with van der Waals surface area (Å²) in [6, 6.07) is 4.20. The van der Waals surface area contributed by atoms with Gasteiger partial charge in [0.15, 0.2) is 0 Å². The first kappa shape index (κ1) is 19.0. The Morgan fingerprint density at radius 2 is 2.00 bits per heavy atom. The Bertz CT molecular complexity index is 794. The van der Waals surface area contributed by atoms with Gasteiger partial charge in [-0.05, 0) is 44.2 Å². The number of nitrogens with zero attached hydrogens (tertiary/aromatic N) is 1. The van der Waals surface area contributed by atoms with Crippen molar-refractivity contribution in [2.45, 2.75) is 65.2 Å². The van der Waals surface area contributed by atoms with Crippen LogP contribution in [0.5, 0.6) is 0 Å². The molecule has 2 atom stereocenters. The van der Waals surface area contributed by atoms with Crippen LogP contribution >= 0.6 is 11.3 Å². The predicted molar refractivity (Wildman–Crippen MR) is 105 cm³/mol. The highest BCUT2D eigenvalue weighted by molar-refractivity contribution is 7.12. The molecule has 0 radical (unpaired) electrons. The maximum absolute atomic E-state index is 12.8. The Hall–Kier alpha value is -1.75. The Kier molecular flexibility index (Phi) is 5.20. The van der Waals surface area contributed by atoms with E-state index in [0.29, 0.717) is 24.3 Å². The molecule has 2 aliphatic rings. The molecule has 1 aromatic rings. The predicted octanol–water partition coefficient (Wildman–Crippen LogP) is 4.79. The minimum absolute atomic E-state index is 0.0356. The monoisotopic (exact) mass is 373 g/mol. The molecule has 0 unspecified atom stereocenters. The summed E-state index contributed by atoms with van der Waals surface area (Å²) < 4.78 is 5.32. The smallest absolute Gasteiger partial charge is 0.336 e. The van der Waals surface area contributed by atoms with Crippen molar-refractivity contribution in [1.82, 2.24) is 0 Å². The molecular weight excluding hydrogens is 346 g/mol. The van der Waals surface area contributed by atoms with Crippen molar-refractivity contribution >= 4 is 28.8 Å². The minimum atomic E-state index is -0.345. The number of ether oxygens (including phenoxy) is 1. The number of carbonyl (C=O) groups excluding carboxylic acids is 2.